The predicted octanol–water partition coefficient (Wildman–Crippen LogP) is 0.897. The number of ether oxygens (including phenoxy) is 2. The molecule has 1 saturated heterocycles. The summed E-state index contributed by atoms with van der Waals surface area (Å²) in [5.41, 5.74) is 5.82. The average Bonchev–Trinajstić information content (AvgIpc) is 2.38. The summed E-state index contributed by atoms with van der Waals surface area (Å²) >= 11 is 0. The van der Waals surface area contributed by atoms with Gasteiger partial charge >= 0.3 is 5.97 Å². The lowest BCUT2D eigenvalue weighted by atomic mass is 10.2. The maximum atomic E-state index is 13.1. The van der Waals surface area contributed by atoms with E-state index < -0.39 is 11.8 Å². The summed E-state index contributed by atoms with van der Waals surface area (Å²) in [7, 11) is 0. The third kappa shape index (κ3) is 4.18. The number of halogens is 1. The molecular weight excluding hydrogens is 251 g/mol. The van der Waals surface area contributed by atoms with Crippen LogP contribution in [-0.2, 0) is 9.47 Å². The Morgan fingerprint density at radius 2 is 2.11 bits per heavy atom. The number of nitrogens with two attached hydrogens (primary N) is 1. The van der Waals surface area contributed by atoms with Crippen LogP contribution in [0.15, 0.2) is 18.2 Å². The van der Waals surface area contributed by atoms with Crippen molar-refractivity contribution in [1.29, 1.82) is 0 Å². The normalized spacial score (nSPS) is 16.3. The lowest BCUT2D eigenvalue weighted by Gasteiger charge is -2.26. The monoisotopic (exact) mass is 268 g/mol. The number of rotatable bonds is 4. The van der Waals surface area contributed by atoms with Gasteiger partial charge < -0.3 is 15.2 Å². The molecule has 1 fully saturated rings. The molecule has 0 unspecified atom stereocenters. The molecule has 1 aliphatic heterocycles. The number of hydrogen-bond donors (Lipinski definition) is 1. The van der Waals surface area contributed by atoms with Crippen LogP contribution in [0.1, 0.15) is 10.4 Å². The Balaban J connectivity index is 1.80. The first-order valence-corrected chi connectivity index (χ1v) is 6.18. The molecule has 0 bridgehead atoms. The zero-order valence-corrected chi connectivity index (χ0v) is 10.6. The van der Waals surface area contributed by atoms with Crippen molar-refractivity contribution >= 4 is 11.7 Å². The average molecular weight is 268 g/mol. The Hall–Kier alpha value is -1.66. The molecule has 1 aromatic carbocycles. The van der Waals surface area contributed by atoms with Crippen molar-refractivity contribution < 1.29 is 18.7 Å². The Kier molecular flexibility index (Phi) is 4.70. The quantitative estimate of drug-likeness (QED) is 0.649. The maximum absolute atomic E-state index is 13.1. The molecule has 0 radical (unpaired) electrons. The summed E-state index contributed by atoms with van der Waals surface area (Å²) in [5.74, 6) is -1.10. The second kappa shape index (κ2) is 6.49. The van der Waals surface area contributed by atoms with Gasteiger partial charge in [-0.3, -0.25) is 4.90 Å². The molecule has 0 aliphatic carbocycles. The largest absolute Gasteiger partial charge is 0.461 e. The van der Waals surface area contributed by atoms with E-state index in [0.29, 0.717) is 19.8 Å². The van der Waals surface area contributed by atoms with Crippen LogP contribution in [-0.4, -0.2) is 50.3 Å². The minimum atomic E-state index is -0.556. The third-order valence-electron chi connectivity index (χ3n) is 2.90. The van der Waals surface area contributed by atoms with Crippen LogP contribution in [0.2, 0.25) is 0 Å². The number of nitrogen functional groups attached to an aromatic ring is 1. The first-order valence-electron chi connectivity index (χ1n) is 6.18. The van der Waals surface area contributed by atoms with E-state index in [1.54, 1.807) is 0 Å². The second-order valence-electron chi connectivity index (χ2n) is 4.36. The molecule has 6 heteroatoms. The Labute approximate surface area is 111 Å². The highest BCUT2D eigenvalue weighted by Crippen LogP contribution is 2.11. The molecule has 0 saturated carbocycles. The fourth-order valence-corrected chi connectivity index (χ4v) is 1.91. The lowest BCUT2D eigenvalue weighted by molar-refractivity contribution is 0.0195. The second-order valence-corrected chi connectivity index (χ2v) is 4.36. The fraction of sp³-hybridized carbons (Fsp3) is 0.462. The lowest BCUT2D eigenvalue weighted by Crippen LogP contribution is -2.38. The number of esters is 1. The van der Waals surface area contributed by atoms with Gasteiger partial charge in [0, 0.05) is 25.3 Å². The Morgan fingerprint density at radius 3 is 2.79 bits per heavy atom. The van der Waals surface area contributed by atoms with Crippen LogP contribution in [0.3, 0.4) is 0 Å². The summed E-state index contributed by atoms with van der Waals surface area (Å²) in [6.45, 7) is 4.01. The SMILES string of the molecule is Nc1cc(F)cc(C(=O)OCCN2CCOCC2)c1. The van der Waals surface area contributed by atoms with Crippen LogP contribution in [0.25, 0.3) is 0 Å². The Morgan fingerprint density at radius 1 is 1.37 bits per heavy atom. The van der Waals surface area contributed by atoms with E-state index in [-0.39, 0.29) is 17.9 Å². The van der Waals surface area contributed by atoms with Crippen LogP contribution < -0.4 is 5.73 Å². The molecule has 5 nitrogen and oxygen atoms in total. The van der Waals surface area contributed by atoms with E-state index in [4.69, 9.17) is 15.2 Å². The number of morpholine rings is 1. The Bertz CT molecular complexity index is 427. The van der Waals surface area contributed by atoms with E-state index in [2.05, 4.69) is 4.90 Å². The van der Waals surface area contributed by atoms with Gasteiger partial charge in [-0.05, 0) is 18.2 Å². The van der Waals surface area contributed by atoms with Crippen molar-refractivity contribution in [3.8, 4) is 0 Å². The summed E-state index contributed by atoms with van der Waals surface area (Å²) in [5, 5.41) is 0. The first-order chi connectivity index (χ1) is 9.15. The van der Waals surface area contributed by atoms with E-state index in [1.165, 1.54) is 6.07 Å². The fourth-order valence-electron chi connectivity index (χ4n) is 1.91. The summed E-state index contributed by atoms with van der Waals surface area (Å²) in [6, 6.07) is 3.68. The molecule has 0 spiro atoms. The first kappa shape index (κ1) is 13.8. The van der Waals surface area contributed by atoms with Crippen molar-refractivity contribution in [2.24, 2.45) is 0 Å². The van der Waals surface area contributed by atoms with Crippen LogP contribution >= 0.6 is 0 Å². The minimum absolute atomic E-state index is 0.138. The van der Waals surface area contributed by atoms with Gasteiger partial charge in [0.1, 0.15) is 12.4 Å². The van der Waals surface area contributed by atoms with E-state index in [0.717, 1.165) is 25.2 Å². The number of carbonyl (C=O) groups excluding carboxylic acids is 1. The van der Waals surface area contributed by atoms with Gasteiger partial charge in [-0.2, -0.15) is 0 Å². The number of nitrogens with zero attached hydrogens (tertiary/aromatic N) is 1. The molecule has 2 rings (SSSR count). The molecule has 0 amide bonds. The summed E-state index contributed by atoms with van der Waals surface area (Å²) in [6.07, 6.45) is 0. The predicted molar refractivity (Wildman–Crippen MR) is 68.4 cm³/mol. The number of hydrogen-bond acceptors (Lipinski definition) is 5. The highest BCUT2D eigenvalue weighted by atomic mass is 19.1. The van der Waals surface area contributed by atoms with Crippen LogP contribution in [0.5, 0.6) is 0 Å². The highest BCUT2D eigenvalue weighted by molar-refractivity contribution is 5.90. The van der Waals surface area contributed by atoms with Gasteiger partial charge in [0.15, 0.2) is 0 Å². The van der Waals surface area contributed by atoms with Gasteiger partial charge in [0.25, 0.3) is 0 Å². The van der Waals surface area contributed by atoms with Gasteiger partial charge in [0.05, 0.1) is 18.8 Å². The van der Waals surface area contributed by atoms with Crippen molar-refractivity contribution in [1.82, 2.24) is 4.90 Å². The van der Waals surface area contributed by atoms with Gasteiger partial charge in [-0.25, -0.2) is 9.18 Å². The zero-order chi connectivity index (χ0) is 13.7. The number of anilines is 1. The van der Waals surface area contributed by atoms with Crippen molar-refractivity contribution in [2.75, 3.05) is 45.2 Å². The van der Waals surface area contributed by atoms with Crippen molar-refractivity contribution in [2.45, 2.75) is 0 Å². The molecule has 104 valence electrons. The molecule has 2 N–H and O–H groups in total. The molecule has 1 heterocycles. The highest BCUT2D eigenvalue weighted by Gasteiger charge is 2.13. The van der Waals surface area contributed by atoms with Gasteiger partial charge in [-0.1, -0.05) is 0 Å². The van der Waals surface area contributed by atoms with E-state index in [1.807, 2.05) is 0 Å². The number of benzene rings is 1. The zero-order valence-electron chi connectivity index (χ0n) is 10.6. The van der Waals surface area contributed by atoms with Gasteiger partial charge in [-0.15, -0.1) is 0 Å². The van der Waals surface area contributed by atoms with E-state index >= 15 is 0 Å². The van der Waals surface area contributed by atoms with Crippen molar-refractivity contribution in [3.63, 3.8) is 0 Å². The van der Waals surface area contributed by atoms with Crippen LogP contribution in [0.4, 0.5) is 10.1 Å². The molecule has 1 aliphatic rings. The maximum Gasteiger partial charge on any atom is 0.338 e. The molecule has 19 heavy (non-hydrogen) atoms. The van der Waals surface area contributed by atoms with Gasteiger partial charge in [0.2, 0.25) is 0 Å². The third-order valence-corrected chi connectivity index (χ3v) is 2.90. The molecule has 0 atom stereocenters. The molecular formula is C13H17FN2O3. The summed E-state index contributed by atoms with van der Waals surface area (Å²) < 4.78 is 23.4. The molecule has 0 aromatic heterocycles. The number of carbonyl (C=O) groups is 1. The van der Waals surface area contributed by atoms with Crippen LogP contribution in [0, 0.1) is 5.82 Å². The smallest absolute Gasteiger partial charge is 0.338 e. The summed E-state index contributed by atoms with van der Waals surface area (Å²) in [4.78, 5) is 13.9. The minimum Gasteiger partial charge on any atom is -0.461 e. The van der Waals surface area contributed by atoms with Crippen molar-refractivity contribution in [3.05, 3.63) is 29.6 Å². The molecule has 1 aromatic rings. The van der Waals surface area contributed by atoms with E-state index in [9.17, 15) is 9.18 Å². The topological polar surface area (TPSA) is 64.8 Å². The standard InChI is InChI=1S/C13H17FN2O3/c14-11-7-10(8-12(15)9-11)13(17)19-6-3-16-1-4-18-5-2-16/h7-9H,1-6,15H2.